The van der Waals surface area contributed by atoms with Crippen LogP contribution in [-0.4, -0.2) is 44.2 Å². The number of rotatable bonds is 4. The maximum Gasteiger partial charge on any atom is 0.178 e. The number of carbonyl (C=O) groups is 2. The van der Waals surface area contributed by atoms with Gasteiger partial charge in [0.2, 0.25) is 0 Å². The zero-order valence-corrected chi connectivity index (χ0v) is 22.5. The monoisotopic (exact) mass is 517 g/mol. The van der Waals surface area contributed by atoms with Crippen molar-refractivity contribution in [2.45, 2.75) is 63.1 Å². The van der Waals surface area contributed by atoms with Crippen LogP contribution in [0.1, 0.15) is 46.5 Å². The van der Waals surface area contributed by atoms with Crippen LogP contribution in [0.4, 0.5) is 0 Å². The van der Waals surface area contributed by atoms with Crippen molar-refractivity contribution in [2.24, 2.45) is 34.5 Å². The zero-order chi connectivity index (χ0) is 26.2. The molecule has 2 N–H and O–H groups in total. The molecule has 4 aliphatic rings. The second kappa shape index (κ2) is 8.62. The third-order valence-electron chi connectivity index (χ3n) is 10.4. The Bertz CT molecular complexity index is 1350. The van der Waals surface area contributed by atoms with Crippen LogP contribution in [0.15, 0.2) is 65.2 Å². The van der Waals surface area contributed by atoms with Gasteiger partial charge in [0, 0.05) is 33.2 Å². The molecule has 3 fully saturated rings. The molecule has 2 aromatic rings. The van der Waals surface area contributed by atoms with Crippen LogP contribution in [0.2, 0.25) is 0 Å². The fourth-order valence-corrected chi connectivity index (χ4v) is 9.68. The predicted molar refractivity (Wildman–Crippen MR) is 145 cm³/mol. The Hall–Kier alpha value is -2.28. The summed E-state index contributed by atoms with van der Waals surface area (Å²) in [5.41, 5.74) is -0.540. The van der Waals surface area contributed by atoms with Crippen molar-refractivity contribution >= 4 is 34.2 Å². The number of Topliss-reactive ketones (excluding diaryl/α,β-unsaturated/α-hetero) is 1. The molecule has 8 atom stereocenters. The fraction of sp³-hybridized carbons (Fsp3) is 0.516. The molecular weight excluding hydrogens is 482 g/mol. The van der Waals surface area contributed by atoms with Gasteiger partial charge in [0.25, 0.3) is 0 Å². The molecule has 5 nitrogen and oxygen atoms in total. The van der Waals surface area contributed by atoms with Gasteiger partial charge in [-0.25, -0.2) is 0 Å². The molecule has 6 rings (SSSR count). The summed E-state index contributed by atoms with van der Waals surface area (Å²) in [5.74, 6) is 0.559. The molecule has 0 amide bonds. The molecule has 1 aromatic heterocycles. The number of hydrogen-bond donors (Lipinski definition) is 2. The van der Waals surface area contributed by atoms with Gasteiger partial charge in [0.1, 0.15) is 5.60 Å². The van der Waals surface area contributed by atoms with E-state index in [1.165, 1.54) is 11.8 Å². The summed E-state index contributed by atoms with van der Waals surface area (Å²) in [6.07, 6.45) is 8.99. The molecule has 194 valence electrons. The zero-order valence-electron chi connectivity index (χ0n) is 21.7. The molecule has 0 aliphatic heterocycles. The highest BCUT2D eigenvalue weighted by Gasteiger charge is 2.68. The van der Waals surface area contributed by atoms with E-state index in [0.717, 1.165) is 34.2 Å². The van der Waals surface area contributed by atoms with Gasteiger partial charge in [-0.05, 0) is 67.7 Å². The summed E-state index contributed by atoms with van der Waals surface area (Å²) >= 11 is 1.44. The molecular formula is C31H35NO4S. The van der Waals surface area contributed by atoms with Crippen molar-refractivity contribution in [1.82, 2.24) is 4.98 Å². The Morgan fingerprint density at radius 1 is 1.22 bits per heavy atom. The number of benzene rings is 1. The van der Waals surface area contributed by atoms with Gasteiger partial charge in [0.05, 0.1) is 17.4 Å². The molecule has 1 aromatic carbocycles. The van der Waals surface area contributed by atoms with Crippen LogP contribution in [0, 0.1) is 34.5 Å². The lowest BCUT2D eigenvalue weighted by molar-refractivity contribution is -0.176. The molecule has 37 heavy (non-hydrogen) atoms. The molecule has 1 heterocycles. The highest BCUT2D eigenvalue weighted by Crippen LogP contribution is 2.67. The first-order chi connectivity index (χ1) is 17.6. The lowest BCUT2D eigenvalue weighted by Crippen LogP contribution is -2.62. The molecule has 0 spiro atoms. The van der Waals surface area contributed by atoms with Gasteiger partial charge in [-0.15, -0.1) is 11.8 Å². The maximum atomic E-state index is 13.8. The van der Waals surface area contributed by atoms with Crippen molar-refractivity contribution in [1.29, 1.82) is 0 Å². The first kappa shape index (κ1) is 25.0. The first-order valence-corrected chi connectivity index (χ1v) is 14.4. The van der Waals surface area contributed by atoms with Crippen molar-refractivity contribution in [2.75, 3.05) is 5.75 Å². The van der Waals surface area contributed by atoms with E-state index in [9.17, 15) is 19.8 Å². The standard InChI is InChI=1S/C31H35NO4S/c1-18-14-21-22-10-12-31(36,26(35)17-37-25-8-4-6-19-7-5-13-32-28(19)25)30(22,3)16-24(34)27(21)29(2)11-9-20(33)15-23(18)29/h4-9,11,13,15,18,21-22,24,27,34,36H,10,12,14,16-17H2,1-3H3/t18-,21?,22?,24?,27?,29?,30?,31-/m0/s1. The van der Waals surface area contributed by atoms with Gasteiger partial charge in [-0.1, -0.05) is 50.6 Å². The average Bonchev–Trinajstić information content (AvgIpc) is 3.14. The Morgan fingerprint density at radius 3 is 2.81 bits per heavy atom. The molecule has 3 saturated carbocycles. The topological polar surface area (TPSA) is 87.5 Å². The van der Waals surface area contributed by atoms with E-state index in [2.05, 4.69) is 18.8 Å². The van der Waals surface area contributed by atoms with Crippen LogP contribution in [0.5, 0.6) is 0 Å². The first-order valence-electron chi connectivity index (χ1n) is 13.4. The van der Waals surface area contributed by atoms with Crippen molar-refractivity contribution in [3.05, 3.63) is 60.3 Å². The highest BCUT2D eigenvalue weighted by molar-refractivity contribution is 8.00. The Labute approximate surface area is 222 Å². The number of ketones is 2. The third-order valence-corrected chi connectivity index (χ3v) is 11.4. The van der Waals surface area contributed by atoms with E-state index in [0.29, 0.717) is 12.8 Å². The lowest BCUT2D eigenvalue weighted by Gasteiger charge is -2.60. The normalized spacial score (nSPS) is 40.6. The number of pyridine rings is 1. The summed E-state index contributed by atoms with van der Waals surface area (Å²) in [4.78, 5) is 31.4. The third kappa shape index (κ3) is 3.55. The Morgan fingerprint density at radius 2 is 2.00 bits per heavy atom. The fourth-order valence-electron chi connectivity index (χ4n) is 8.67. The van der Waals surface area contributed by atoms with Crippen LogP contribution in [-0.2, 0) is 9.59 Å². The molecule has 0 saturated heterocycles. The Balaban J connectivity index is 1.28. The summed E-state index contributed by atoms with van der Waals surface area (Å²) < 4.78 is 0. The number of allylic oxidation sites excluding steroid dienone is 4. The molecule has 0 bridgehead atoms. The molecule has 4 aliphatic carbocycles. The van der Waals surface area contributed by atoms with Gasteiger partial charge >= 0.3 is 0 Å². The van der Waals surface area contributed by atoms with Crippen molar-refractivity contribution < 1.29 is 19.8 Å². The Kier molecular flexibility index (Phi) is 5.83. The smallest absolute Gasteiger partial charge is 0.178 e. The molecule has 6 heteroatoms. The summed E-state index contributed by atoms with van der Waals surface area (Å²) in [5, 5.41) is 24.7. The van der Waals surface area contributed by atoms with Gasteiger partial charge in [-0.2, -0.15) is 0 Å². The van der Waals surface area contributed by atoms with E-state index in [1.807, 2.05) is 43.3 Å². The quantitative estimate of drug-likeness (QED) is 0.546. The molecule has 6 unspecified atom stereocenters. The number of thioether (sulfide) groups is 1. The minimum Gasteiger partial charge on any atom is -0.393 e. The van der Waals surface area contributed by atoms with Crippen molar-refractivity contribution in [3.63, 3.8) is 0 Å². The molecule has 0 radical (unpaired) electrons. The number of aliphatic hydroxyl groups excluding tert-OH is 1. The van der Waals surface area contributed by atoms with Crippen LogP contribution < -0.4 is 0 Å². The van der Waals surface area contributed by atoms with E-state index in [4.69, 9.17) is 0 Å². The highest BCUT2D eigenvalue weighted by atomic mass is 32.2. The number of hydrogen-bond acceptors (Lipinski definition) is 6. The second-order valence-electron chi connectivity index (χ2n) is 12.2. The number of fused-ring (bicyclic) bond motifs is 6. The van der Waals surface area contributed by atoms with E-state index in [1.54, 1.807) is 18.3 Å². The maximum absolute atomic E-state index is 13.8. The predicted octanol–water partition coefficient (Wildman–Crippen LogP) is 5.15. The van der Waals surface area contributed by atoms with E-state index >= 15 is 0 Å². The lowest BCUT2D eigenvalue weighted by atomic mass is 9.45. The summed E-state index contributed by atoms with van der Waals surface area (Å²) in [7, 11) is 0. The summed E-state index contributed by atoms with van der Waals surface area (Å²) in [6.45, 7) is 6.36. The minimum atomic E-state index is -1.47. The number of aliphatic hydroxyl groups is 2. The number of nitrogens with zero attached hydrogens (tertiary/aromatic N) is 1. The SMILES string of the molecule is C[C@H]1CC2C(C(O)CC3(C)C2CC[C@]3(O)C(=O)CSc2cccc3cccnc23)C2(C)C=CC(=O)C=C12. The number of aromatic nitrogens is 1. The minimum absolute atomic E-state index is 0.0210. The van der Waals surface area contributed by atoms with E-state index in [-0.39, 0.29) is 46.4 Å². The second-order valence-corrected chi connectivity index (χ2v) is 13.2. The summed E-state index contributed by atoms with van der Waals surface area (Å²) in [6, 6.07) is 9.86. The van der Waals surface area contributed by atoms with Crippen molar-refractivity contribution in [3.8, 4) is 0 Å². The van der Waals surface area contributed by atoms with E-state index < -0.39 is 17.1 Å². The largest absolute Gasteiger partial charge is 0.393 e. The van der Waals surface area contributed by atoms with Gasteiger partial charge < -0.3 is 10.2 Å². The average molecular weight is 518 g/mol. The van der Waals surface area contributed by atoms with Crippen LogP contribution in [0.3, 0.4) is 0 Å². The number of para-hydroxylation sites is 1. The van der Waals surface area contributed by atoms with Gasteiger partial charge in [-0.3, -0.25) is 14.6 Å². The van der Waals surface area contributed by atoms with Gasteiger partial charge in [0.15, 0.2) is 11.6 Å². The van der Waals surface area contributed by atoms with Crippen LogP contribution >= 0.6 is 11.8 Å². The van der Waals surface area contributed by atoms with Crippen LogP contribution in [0.25, 0.3) is 10.9 Å². The number of carbonyl (C=O) groups excluding carboxylic acids is 2.